The van der Waals surface area contributed by atoms with Gasteiger partial charge in [0.05, 0.1) is 6.04 Å². The summed E-state index contributed by atoms with van der Waals surface area (Å²) in [6.07, 6.45) is 2.66. The van der Waals surface area contributed by atoms with Crippen molar-refractivity contribution in [1.82, 2.24) is 10.3 Å². The van der Waals surface area contributed by atoms with Crippen LogP contribution in [0.25, 0.3) is 0 Å². The number of nitrogens with two attached hydrogens (primary N) is 1. The number of amides is 1. The highest BCUT2D eigenvalue weighted by Crippen LogP contribution is 2.03. The summed E-state index contributed by atoms with van der Waals surface area (Å²) in [5.74, 6) is 0.743. The summed E-state index contributed by atoms with van der Waals surface area (Å²) in [4.78, 5) is 15.4. The van der Waals surface area contributed by atoms with E-state index in [1.165, 1.54) is 0 Å². The second-order valence-corrected chi connectivity index (χ2v) is 4.08. The zero-order chi connectivity index (χ0) is 12.7. The number of hydrogen-bond donors (Lipinski definition) is 3. The van der Waals surface area contributed by atoms with E-state index in [1.54, 1.807) is 6.92 Å². The Morgan fingerprint density at radius 1 is 1.47 bits per heavy atom. The molecule has 5 nitrogen and oxygen atoms in total. The van der Waals surface area contributed by atoms with Crippen LogP contribution in [0.3, 0.4) is 0 Å². The maximum absolute atomic E-state index is 11.1. The predicted molar refractivity (Wildman–Crippen MR) is 68.7 cm³/mol. The molecule has 4 N–H and O–H groups in total. The van der Waals surface area contributed by atoms with Gasteiger partial charge in [-0.15, -0.1) is 0 Å². The monoisotopic (exact) mass is 236 g/mol. The summed E-state index contributed by atoms with van der Waals surface area (Å²) in [7, 11) is 0. The lowest BCUT2D eigenvalue weighted by molar-refractivity contribution is -0.121. The molecule has 0 aliphatic carbocycles. The third-order valence-corrected chi connectivity index (χ3v) is 2.28. The number of rotatable bonds is 6. The molecule has 0 aliphatic rings. The van der Waals surface area contributed by atoms with Gasteiger partial charge in [-0.25, -0.2) is 4.98 Å². The summed E-state index contributed by atoms with van der Waals surface area (Å²) >= 11 is 0. The maximum atomic E-state index is 11.1. The van der Waals surface area contributed by atoms with Crippen molar-refractivity contribution in [3.63, 3.8) is 0 Å². The van der Waals surface area contributed by atoms with Crippen molar-refractivity contribution in [1.29, 1.82) is 0 Å². The van der Waals surface area contributed by atoms with E-state index < -0.39 is 6.04 Å². The number of hydrogen-bond acceptors (Lipinski definition) is 4. The molecule has 0 aliphatic heterocycles. The lowest BCUT2D eigenvalue weighted by Gasteiger charge is -2.08. The molecule has 0 saturated heterocycles. The number of nitrogens with zero attached hydrogens (tertiary/aromatic N) is 1. The predicted octanol–water partition coefficient (Wildman–Crippen LogP) is 0.655. The van der Waals surface area contributed by atoms with Gasteiger partial charge in [0.25, 0.3) is 0 Å². The highest BCUT2D eigenvalue weighted by molar-refractivity contribution is 5.80. The van der Waals surface area contributed by atoms with E-state index in [9.17, 15) is 4.79 Å². The maximum Gasteiger partial charge on any atom is 0.236 e. The van der Waals surface area contributed by atoms with Gasteiger partial charge in [-0.3, -0.25) is 4.79 Å². The van der Waals surface area contributed by atoms with Crippen LogP contribution in [0.15, 0.2) is 18.3 Å². The topological polar surface area (TPSA) is 80.0 Å². The molecule has 17 heavy (non-hydrogen) atoms. The van der Waals surface area contributed by atoms with Crippen LogP contribution in [0, 0.1) is 6.92 Å². The highest BCUT2D eigenvalue weighted by atomic mass is 16.2. The Labute approximate surface area is 102 Å². The molecule has 1 rings (SSSR count). The minimum Gasteiger partial charge on any atom is -0.370 e. The fraction of sp³-hybridized carbons (Fsp3) is 0.500. The summed E-state index contributed by atoms with van der Waals surface area (Å²) in [5, 5.41) is 5.93. The SMILES string of the molecule is Cc1ccc(NCCCNC(=O)C(C)N)nc1. The summed E-state index contributed by atoms with van der Waals surface area (Å²) in [5.41, 5.74) is 6.56. The van der Waals surface area contributed by atoms with Gasteiger partial charge in [-0.1, -0.05) is 6.07 Å². The first-order valence-electron chi connectivity index (χ1n) is 5.79. The van der Waals surface area contributed by atoms with Crippen molar-refractivity contribution in [3.05, 3.63) is 23.9 Å². The van der Waals surface area contributed by atoms with E-state index in [0.717, 1.165) is 24.3 Å². The Bertz CT molecular complexity index is 348. The van der Waals surface area contributed by atoms with Gasteiger partial charge in [0.1, 0.15) is 5.82 Å². The zero-order valence-corrected chi connectivity index (χ0v) is 10.4. The van der Waals surface area contributed by atoms with E-state index in [2.05, 4.69) is 15.6 Å². The number of pyridine rings is 1. The first-order valence-corrected chi connectivity index (χ1v) is 5.79. The summed E-state index contributed by atoms with van der Waals surface area (Å²) in [6, 6.07) is 3.50. The Balaban J connectivity index is 2.12. The van der Waals surface area contributed by atoms with Crippen molar-refractivity contribution in [2.24, 2.45) is 5.73 Å². The third-order valence-electron chi connectivity index (χ3n) is 2.28. The van der Waals surface area contributed by atoms with Crippen LogP contribution in [0.4, 0.5) is 5.82 Å². The van der Waals surface area contributed by atoms with Crippen molar-refractivity contribution < 1.29 is 4.79 Å². The smallest absolute Gasteiger partial charge is 0.236 e. The molecular formula is C12H20N4O. The molecule has 0 saturated carbocycles. The Morgan fingerprint density at radius 2 is 2.24 bits per heavy atom. The van der Waals surface area contributed by atoms with Crippen LogP contribution >= 0.6 is 0 Å². The van der Waals surface area contributed by atoms with E-state index in [0.29, 0.717) is 6.54 Å². The van der Waals surface area contributed by atoms with E-state index in [4.69, 9.17) is 5.73 Å². The molecule has 1 heterocycles. The molecule has 0 spiro atoms. The van der Waals surface area contributed by atoms with E-state index in [1.807, 2.05) is 25.3 Å². The van der Waals surface area contributed by atoms with Crippen LogP contribution in [0.5, 0.6) is 0 Å². The standard InChI is InChI=1S/C12H20N4O/c1-9-4-5-11(16-8-9)14-6-3-7-15-12(17)10(2)13/h4-5,8,10H,3,6-7,13H2,1-2H3,(H,14,16)(H,15,17). The molecule has 1 atom stereocenters. The fourth-order valence-corrected chi connectivity index (χ4v) is 1.25. The molecule has 94 valence electrons. The minimum absolute atomic E-state index is 0.113. The number of nitrogens with one attached hydrogen (secondary N) is 2. The van der Waals surface area contributed by atoms with Crippen LogP contribution in [-0.2, 0) is 4.79 Å². The summed E-state index contributed by atoms with van der Waals surface area (Å²) in [6.45, 7) is 5.07. The van der Waals surface area contributed by atoms with Crippen LogP contribution < -0.4 is 16.4 Å². The van der Waals surface area contributed by atoms with Gasteiger partial charge in [-0.2, -0.15) is 0 Å². The average Bonchev–Trinajstić information content (AvgIpc) is 2.30. The fourth-order valence-electron chi connectivity index (χ4n) is 1.25. The summed E-state index contributed by atoms with van der Waals surface area (Å²) < 4.78 is 0. The lowest BCUT2D eigenvalue weighted by Crippen LogP contribution is -2.39. The van der Waals surface area contributed by atoms with Crippen LogP contribution in [-0.4, -0.2) is 30.0 Å². The van der Waals surface area contributed by atoms with Gasteiger partial charge < -0.3 is 16.4 Å². The highest BCUT2D eigenvalue weighted by Gasteiger charge is 2.04. The molecule has 0 bridgehead atoms. The Morgan fingerprint density at radius 3 is 2.82 bits per heavy atom. The van der Waals surface area contributed by atoms with Gasteiger partial charge in [0, 0.05) is 19.3 Å². The van der Waals surface area contributed by atoms with Gasteiger partial charge in [-0.05, 0) is 31.9 Å². The van der Waals surface area contributed by atoms with Crippen molar-refractivity contribution in [2.75, 3.05) is 18.4 Å². The van der Waals surface area contributed by atoms with Gasteiger partial charge in [0.2, 0.25) is 5.91 Å². The zero-order valence-electron chi connectivity index (χ0n) is 10.4. The Hall–Kier alpha value is -1.62. The molecular weight excluding hydrogens is 216 g/mol. The van der Waals surface area contributed by atoms with Crippen molar-refractivity contribution in [3.8, 4) is 0 Å². The molecule has 1 amide bonds. The second-order valence-electron chi connectivity index (χ2n) is 4.08. The largest absolute Gasteiger partial charge is 0.370 e. The molecule has 0 radical (unpaired) electrons. The molecule has 1 aromatic heterocycles. The number of carbonyl (C=O) groups is 1. The van der Waals surface area contributed by atoms with Crippen LogP contribution in [0.1, 0.15) is 18.9 Å². The Kier molecular flexibility index (Phi) is 5.42. The van der Waals surface area contributed by atoms with Gasteiger partial charge >= 0.3 is 0 Å². The van der Waals surface area contributed by atoms with E-state index in [-0.39, 0.29) is 5.91 Å². The van der Waals surface area contributed by atoms with Crippen LogP contribution in [0.2, 0.25) is 0 Å². The first kappa shape index (κ1) is 13.4. The number of aromatic nitrogens is 1. The number of anilines is 1. The lowest BCUT2D eigenvalue weighted by atomic mass is 10.3. The normalized spacial score (nSPS) is 11.9. The van der Waals surface area contributed by atoms with Crippen molar-refractivity contribution in [2.45, 2.75) is 26.3 Å². The second kappa shape index (κ2) is 6.85. The number of carbonyl (C=O) groups excluding carboxylic acids is 1. The third kappa shape index (κ3) is 5.31. The quantitative estimate of drug-likeness (QED) is 0.634. The van der Waals surface area contributed by atoms with Crippen molar-refractivity contribution >= 4 is 11.7 Å². The minimum atomic E-state index is -0.443. The van der Waals surface area contributed by atoms with Gasteiger partial charge in [0.15, 0.2) is 0 Å². The average molecular weight is 236 g/mol. The molecule has 1 aromatic rings. The molecule has 1 unspecified atom stereocenters. The van der Waals surface area contributed by atoms with E-state index >= 15 is 0 Å². The molecule has 5 heteroatoms. The number of aryl methyl sites for hydroxylation is 1. The molecule has 0 fully saturated rings. The first-order chi connectivity index (χ1) is 8.09. The molecule has 0 aromatic carbocycles.